The molecule has 0 spiro atoms. The zero-order valence-corrected chi connectivity index (χ0v) is 13.2. The van der Waals surface area contributed by atoms with Crippen molar-refractivity contribution in [2.24, 2.45) is 5.92 Å². The summed E-state index contributed by atoms with van der Waals surface area (Å²) in [5, 5.41) is 5.56. The third-order valence-corrected chi connectivity index (χ3v) is 3.44. The van der Waals surface area contributed by atoms with Crippen LogP contribution in [-0.4, -0.2) is 40.0 Å². The second kappa shape index (κ2) is 8.48. The molecule has 122 valence electrons. The topological polar surface area (TPSA) is 68.8 Å². The van der Waals surface area contributed by atoms with Crippen LogP contribution < -0.4 is 20.1 Å². The van der Waals surface area contributed by atoms with Crippen LogP contribution in [0.4, 0.5) is 10.5 Å². The fourth-order valence-electron chi connectivity index (χ4n) is 2.00. The Kier molecular flexibility index (Phi) is 6.33. The monoisotopic (exact) mass is 308 g/mol. The zero-order chi connectivity index (χ0) is 15.8. The molecule has 1 aliphatic rings. The molecule has 1 aromatic carbocycles. The lowest BCUT2D eigenvalue weighted by Crippen LogP contribution is -2.30. The van der Waals surface area contributed by atoms with Crippen LogP contribution in [0.15, 0.2) is 18.2 Å². The summed E-state index contributed by atoms with van der Waals surface area (Å²) < 4.78 is 15.9. The van der Waals surface area contributed by atoms with Gasteiger partial charge in [-0.15, -0.1) is 0 Å². The number of carbonyl (C=O) groups excluding carboxylic acids is 1. The van der Waals surface area contributed by atoms with Crippen molar-refractivity contribution in [3.8, 4) is 11.5 Å². The van der Waals surface area contributed by atoms with E-state index in [-0.39, 0.29) is 6.03 Å². The van der Waals surface area contributed by atoms with Crippen LogP contribution in [0.5, 0.6) is 11.5 Å². The van der Waals surface area contributed by atoms with E-state index in [1.807, 2.05) is 0 Å². The molecule has 2 rings (SSSR count). The van der Waals surface area contributed by atoms with Crippen molar-refractivity contribution in [3.05, 3.63) is 18.2 Å². The molecule has 0 heterocycles. The minimum Gasteiger partial charge on any atom is -0.493 e. The first-order valence-electron chi connectivity index (χ1n) is 7.57. The van der Waals surface area contributed by atoms with E-state index < -0.39 is 0 Å². The van der Waals surface area contributed by atoms with Gasteiger partial charge in [-0.2, -0.15) is 0 Å². The van der Waals surface area contributed by atoms with E-state index in [9.17, 15) is 4.79 Å². The molecule has 0 unspecified atom stereocenters. The number of methoxy groups -OCH3 is 2. The molecule has 0 aromatic heterocycles. The van der Waals surface area contributed by atoms with Gasteiger partial charge in [-0.05, 0) is 37.3 Å². The van der Waals surface area contributed by atoms with Crippen LogP contribution >= 0.6 is 0 Å². The second-order valence-electron chi connectivity index (χ2n) is 5.32. The molecule has 1 aromatic rings. The van der Waals surface area contributed by atoms with Crippen LogP contribution in [0, 0.1) is 5.92 Å². The van der Waals surface area contributed by atoms with Gasteiger partial charge in [-0.25, -0.2) is 4.79 Å². The Labute approximate surface area is 131 Å². The zero-order valence-electron chi connectivity index (χ0n) is 13.2. The molecule has 1 aliphatic carbocycles. The molecule has 2 amide bonds. The molecule has 1 fully saturated rings. The van der Waals surface area contributed by atoms with Crippen LogP contribution in [0.25, 0.3) is 0 Å². The molecular formula is C16H24N2O4. The molecule has 0 bridgehead atoms. The molecule has 0 radical (unpaired) electrons. The maximum atomic E-state index is 11.8. The second-order valence-corrected chi connectivity index (χ2v) is 5.32. The smallest absolute Gasteiger partial charge is 0.319 e. The summed E-state index contributed by atoms with van der Waals surface area (Å²) in [5.41, 5.74) is 0.653. The lowest BCUT2D eigenvalue weighted by atomic mass is 10.3. The third-order valence-electron chi connectivity index (χ3n) is 3.44. The SMILES string of the molecule is COc1ccc(NC(=O)NCCCOCC2CC2)cc1OC. The Morgan fingerprint density at radius 2 is 2.00 bits per heavy atom. The lowest BCUT2D eigenvalue weighted by Gasteiger charge is -2.11. The summed E-state index contributed by atoms with van der Waals surface area (Å²) in [5.74, 6) is 1.98. The highest BCUT2D eigenvalue weighted by Gasteiger charge is 2.20. The highest BCUT2D eigenvalue weighted by atomic mass is 16.5. The van der Waals surface area contributed by atoms with Gasteiger partial charge >= 0.3 is 6.03 Å². The molecule has 0 aliphatic heterocycles. The van der Waals surface area contributed by atoms with Gasteiger partial charge in [0.25, 0.3) is 0 Å². The van der Waals surface area contributed by atoms with Crippen molar-refractivity contribution in [3.63, 3.8) is 0 Å². The van der Waals surface area contributed by atoms with Gasteiger partial charge in [0.15, 0.2) is 11.5 Å². The number of rotatable bonds is 9. The van der Waals surface area contributed by atoms with E-state index in [2.05, 4.69) is 10.6 Å². The largest absolute Gasteiger partial charge is 0.493 e. The quantitative estimate of drug-likeness (QED) is 0.688. The van der Waals surface area contributed by atoms with E-state index in [0.29, 0.717) is 30.3 Å². The first kappa shape index (κ1) is 16.4. The van der Waals surface area contributed by atoms with Crippen molar-refractivity contribution in [1.29, 1.82) is 0 Å². The normalized spacial score (nSPS) is 13.5. The average molecular weight is 308 g/mol. The van der Waals surface area contributed by atoms with Gasteiger partial charge in [0.1, 0.15) is 0 Å². The number of hydrogen-bond donors (Lipinski definition) is 2. The summed E-state index contributed by atoms with van der Waals surface area (Å²) >= 11 is 0. The molecule has 0 saturated heterocycles. The number of benzene rings is 1. The van der Waals surface area contributed by atoms with E-state index in [1.54, 1.807) is 32.4 Å². The minimum atomic E-state index is -0.241. The Balaban J connectivity index is 1.65. The van der Waals surface area contributed by atoms with Crippen LogP contribution in [-0.2, 0) is 4.74 Å². The Hall–Kier alpha value is -1.95. The van der Waals surface area contributed by atoms with Gasteiger partial charge in [-0.3, -0.25) is 0 Å². The molecule has 6 nitrogen and oxygen atoms in total. The Bertz CT molecular complexity index is 489. The summed E-state index contributed by atoms with van der Waals surface area (Å²) in [4.78, 5) is 11.8. The number of carbonyl (C=O) groups is 1. The van der Waals surface area contributed by atoms with Crippen LogP contribution in [0.3, 0.4) is 0 Å². The van der Waals surface area contributed by atoms with Crippen molar-refractivity contribution in [2.45, 2.75) is 19.3 Å². The van der Waals surface area contributed by atoms with E-state index in [4.69, 9.17) is 14.2 Å². The molecule has 6 heteroatoms. The fraction of sp³-hybridized carbons (Fsp3) is 0.562. The standard InChI is InChI=1S/C16H24N2O4/c1-20-14-7-6-13(10-15(14)21-2)18-16(19)17-8-3-9-22-11-12-4-5-12/h6-7,10,12H,3-5,8-9,11H2,1-2H3,(H2,17,18,19). The van der Waals surface area contributed by atoms with Crippen molar-refractivity contribution in [2.75, 3.05) is 39.3 Å². The molecule has 0 atom stereocenters. The Morgan fingerprint density at radius 3 is 2.68 bits per heavy atom. The third kappa shape index (κ3) is 5.44. The maximum Gasteiger partial charge on any atom is 0.319 e. The maximum absolute atomic E-state index is 11.8. The summed E-state index contributed by atoms with van der Waals surface area (Å²) in [6, 6.07) is 4.99. The number of urea groups is 1. The van der Waals surface area contributed by atoms with Crippen molar-refractivity contribution in [1.82, 2.24) is 5.32 Å². The first-order valence-corrected chi connectivity index (χ1v) is 7.57. The number of amides is 2. The van der Waals surface area contributed by atoms with E-state index in [1.165, 1.54) is 12.8 Å². The van der Waals surface area contributed by atoms with Gasteiger partial charge in [0.2, 0.25) is 0 Å². The average Bonchev–Trinajstić information content (AvgIpc) is 3.34. The Morgan fingerprint density at radius 1 is 1.23 bits per heavy atom. The minimum absolute atomic E-state index is 0.241. The number of nitrogens with one attached hydrogen (secondary N) is 2. The highest BCUT2D eigenvalue weighted by molar-refractivity contribution is 5.89. The van der Waals surface area contributed by atoms with Crippen LogP contribution in [0.1, 0.15) is 19.3 Å². The predicted octanol–water partition coefficient (Wildman–Crippen LogP) is 2.64. The first-order chi connectivity index (χ1) is 10.7. The van der Waals surface area contributed by atoms with E-state index >= 15 is 0 Å². The summed E-state index contributed by atoms with van der Waals surface area (Å²) in [6.07, 6.45) is 3.41. The van der Waals surface area contributed by atoms with Crippen molar-refractivity contribution >= 4 is 11.7 Å². The number of ether oxygens (including phenoxy) is 3. The fourth-order valence-corrected chi connectivity index (χ4v) is 2.00. The van der Waals surface area contributed by atoms with Gasteiger partial charge in [0, 0.05) is 31.5 Å². The molecular weight excluding hydrogens is 284 g/mol. The van der Waals surface area contributed by atoms with Crippen molar-refractivity contribution < 1.29 is 19.0 Å². The van der Waals surface area contributed by atoms with Gasteiger partial charge in [0.05, 0.1) is 14.2 Å². The summed E-state index contributed by atoms with van der Waals surface area (Å²) in [6.45, 7) is 2.13. The molecule has 22 heavy (non-hydrogen) atoms. The van der Waals surface area contributed by atoms with Gasteiger partial charge < -0.3 is 24.8 Å². The van der Waals surface area contributed by atoms with E-state index in [0.717, 1.165) is 18.9 Å². The van der Waals surface area contributed by atoms with Gasteiger partial charge in [-0.1, -0.05) is 0 Å². The summed E-state index contributed by atoms with van der Waals surface area (Å²) in [7, 11) is 3.13. The predicted molar refractivity (Wildman–Crippen MR) is 84.7 cm³/mol. The molecule has 1 saturated carbocycles. The number of hydrogen-bond acceptors (Lipinski definition) is 4. The van der Waals surface area contributed by atoms with Crippen LogP contribution in [0.2, 0.25) is 0 Å². The number of anilines is 1. The molecule has 2 N–H and O–H groups in total. The lowest BCUT2D eigenvalue weighted by molar-refractivity contribution is 0.122. The highest BCUT2D eigenvalue weighted by Crippen LogP contribution is 2.29.